The summed E-state index contributed by atoms with van der Waals surface area (Å²) in [6.45, 7) is 3.85. The van der Waals surface area contributed by atoms with Crippen molar-refractivity contribution in [3.8, 4) is 0 Å². The van der Waals surface area contributed by atoms with Crippen LogP contribution in [-0.2, 0) is 24.3 Å². The number of carbonyl (C=O) groups excluding carboxylic acids is 2. The molecule has 2 heterocycles. The molecule has 0 unspecified atom stereocenters. The topological polar surface area (TPSA) is 80.8 Å². The lowest BCUT2D eigenvalue weighted by Gasteiger charge is -2.39. The number of halogens is 1. The number of ether oxygens (including phenoxy) is 1. The van der Waals surface area contributed by atoms with Crippen LogP contribution >= 0.6 is 22.6 Å². The molecule has 2 aliphatic heterocycles. The Bertz CT molecular complexity index is 1060. The highest BCUT2D eigenvalue weighted by atomic mass is 127. The highest BCUT2D eigenvalue weighted by molar-refractivity contribution is 14.1. The first-order valence-corrected chi connectivity index (χ1v) is 11.4. The van der Waals surface area contributed by atoms with Gasteiger partial charge in [-0.15, -0.1) is 0 Å². The van der Waals surface area contributed by atoms with Crippen molar-refractivity contribution in [3.63, 3.8) is 0 Å². The molecule has 3 aliphatic rings. The number of nitrogens with zero attached hydrogens (tertiary/aromatic N) is 1. The molecule has 3 atom stereocenters. The molecular formula is C20H18INO5S. The number of allylic oxidation sites excluding steroid dienone is 1. The number of rotatable bonds is 3. The van der Waals surface area contributed by atoms with Crippen LogP contribution in [-0.4, -0.2) is 48.9 Å². The van der Waals surface area contributed by atoms with Crippen molar-refractivity contribution in [2.75, 3.05) is 12.9 Å². The van der Waals surface area contributed by atoms with Gasteiger partial charge in [-0.2, -0.15) is 4.31 Å². The SMILES string of the molecule is C=C(C(=O)OC)[C@H]1C(I)=C(c2ccccc2)[C@]23C=CC(=O)C[C@H]2CS(=O)(=O)N13. The van der Waals surface area contributed by atoms with Gasteiger partial charge in [0.05, 0.1) is 30.0 Å². The molecule has 1 aromatic rings. The van der Waals surface area contributed by atoms with Crippen LogP contribution in [0, 0.1) is 5.92 Å². The van der Waals surface area contributed by atoms with Crippen molar-refractivity contribution in [2.24, 2.45) is 5.92 Å². The molecule has 1 aromatic carbocycles. The number of benzene rings is 1. The summed E-state index contributed by atoms with van der Waals surface area (Å²) in [6.07, 6.45) is 3.30. The number of esters is 1. The first-order valence-electron chi connectivity index (χ1n) is 8.71. The molecule has 8 heteroatoms. The van der Waals surface area contributed by atoms with E-state index in [-0.39, 0.29) is 23.5 Å². The Hall–Kier alpha value is -1.78. The van der Waals surface area contributed by atoms with E-state index in [4.69, 9.17) is 4.74 Å². The van der Waals surface area contributed by atoms with Crippen molar-refractivity contribution in [1.82, 2.24) is 4.31 Å². The zero-order valence-electron chi connectivity index (χ0n) is 15.1. The Balaban J connectivity index is 2.03. The van der Waals surface area contributed by atoms with Crippen LogP contribution in [0.25, 0.3) is 5.57 Å². The number of hydrogen-bond acceptors (Lipinski definition) is 5. The van der Waals surface area contributed by atoms with Crippen LogP contribution in [0.5, 0.6) is 0 Å². The third-order valence-corrected chi connectivity index (χ3v) is 8.69. The first kappa shape index (κ1) is 19.5. The standard InChI is InChI=1S/C20H18INO5S/c1-12(19(24)27-2)18-17(21)16(13-6-4-3-5-7-13)20-9-8-15(23)10-14(20)11-28(25,26)22(18)20/h3-9,14,18H,1,10-11H2,2H3/t14-,18-,20-/m0/s1. The highest BCUT2D eigenvalue weighted by Crippen LogP contribution is 2.59. The average Bonchev–Trinajstić information content (AvgIpc) is 3.06. The van der Waals surface area contributed by atoms with Crippen LogP contribution in [0.15, 0.2) is 58.2 Å². The molecule has 6 nitrogen and oxygen atoms in total. The highest BCUT2D eigenvalue weighted by Gasteiger charge is 2.66. The quantitative estimate of drug-likeness (QED) is 0.354. The first-order chi connectivity index (χ1) is 13.2. The van der Waals surface area contributed by atoms with Gasteiger partial charge >= 0.3 is 5.97 Å². The Kier molecular flexibility index (Phi) is 4.63. The van der Waals surface area contributed by atoms with Crippen molar-refractivity contribution in [1.29, 1.82) is 0 Å². The fourth-order valence-corrected chi connectivity index (χ4v) is 8.48. The number of methoxy groups -OCH3 is 1. The second-order valence-electron chi connectivity index (χ2n) is 7.11. The summed E-state index contributed by atoms with van der Waals surface area (Å²) >= 11 is 2.10. The molecule has 0 radical (unpaired) electrons. The second kappa shape index (κ2) is 6.64. The summed E-state index contributed by atoms with van der Waals surface area (Å²) < 4.78 is 33.3. The van der Waals surface area contributed by atoms with E-state index in [1.807, 2.05) is 30.3 Å². The molecule has 0 aromatic heterocycles. The Labute approximate surface area is 177 Å². The summed E-state index contributed by atoms with van der Waals surface area (Å²) in [5, 5.41) is 0. The van der Waals surface area contributed by atoms with Crippen molar-refractivity contribution >= 4 is 49.9 Å². The van der Waals surface area contributed by atoms with Crippen LogP contribution < -0.4 is 0 Å². The van der Waals surface area contributed by atoms with Gasteiger partial charge in [0.1, 0.15) is 0 Å². The van der Waals surface area contributed by atoms with Gasteiger partial charge in [0, 0.05) is 15.9 Å². The number of ketones is 1. The minimum Gasteiger partial charge on any atom is -0.466 e. The van der Waals surface area contributed by atoms with E-state index in [9.17, 15) is 18.0 Å². The lowest BCUT2D eigenvalue weighted by Crippen LogP contribution is -2.50. The van der Waals surface area contributed by atoms with Crippen molar-refractivity contribution in [2.45, 2.75) is 18.0 Å². The van der Waals surface area contributed by atoms with Crippen molar-refractivity contribution in [3.05, 3.63) is 63.8 Å². The van der Waals surface area contributed by atoms with Crippen LogP contribution in [0.4, 0.5) is 0 Å². The summed E-state index contributed by atoms with van der Waals surface area (Å²) in [7, 11) is -2.49. The summed E-state index contributed by atoms with van der Waals surface area (Å²) in [4.78, 5) is 24.3. The minimum absolute atomic E-state index is 0.0618. The number of hydrogen-bond donors (Lipinski definition) is 0. The third-order valence-electron chi connectivity index (χ3n) is 5.62. The van der Waals surface area contributed by atoms with Gasteiger partial charge in [0.2, 0.25) is 10.0 Å². The van der Waals surface area contributed by atoms with Gasteiger partial charge in [0.15, 0.2) is 5.78 Å². The van der Waals surface area contributed by atoms with Gasteiger partial charge in [0.25, 0.3) is 0 Å². The van der Waals surface area contributed by atoms with Crippen LogP contribution in [0.2, 0.25) is 0 Å². The van der Waals surface area contributed by atoms with E-state index < -0.39 is 33.5 Å². The molecule has 1 fully saturated rings. The monoisotopic (exact) mass is 511 g/mol. The maximum atomic E-state index is 13.2. The third kappa shape index (κ3) is 2.57. The fourth-order valence-electron chi connectivity index (χ4n) is 4.54. The molecule has 1 saturated heterocycles. The number of sulfonamides is 1. The largest absolute Gasteiger partial charge is 0.466 e. The van der Waals surface area contributed by atoms with Gasteiger partial charge in [-0.1, -0.05) is 43.0 Å². The summed E-state index contributed by atoms with van der Waals surface area (Å²) in [5.74, 6) is -1.32. The van der Waals surface area contributed by atoms with Crippen LogP contribution in [0.1, 0.15) is 12.0 Å². The molecule has 0 N–H and O–H groups in total. The smallest absolute Gasteiger partial charge is 0.335 e. The van der Waals surface area contributed by atoms with Gasteiger partial charge in [-0.3, -0.25) is 4.79 Å². The Morgan fingerprint density at radius 1 is 1.32 bits per heavy atom. The van der Waals surface area contributed by atoms with E-state index in [2.05, 4.69) is 29.2 Å². The maximum absolute atomic E-state index is 13.2. The van der Waals surface area contributed by atoms with E-state index in [0.29, 0.717) is 3.58 Å². The van der Waals surface area contributed by atoms with E-state index in [0.717, 1.165) is 11.1 Å². The fraction of sp³-hybridized carbons (Fsp3) is 0.300. The summed E-state index contributed by atoms with van der Waals surface area (Å²) in [5.41, 5.74) is 0.718. The number of carbonyl (C=O) groups is 2. The minimum atomic E-state index is -3.73. The molecule has 4 rings (SSSR count). The Morgan fingerprint density at radius 3 is 2.64 bits per heavy atom. The van der Waals surface area contributed by atoms with Gasteiger partial charge in [-0.25, -0.2) is 13.2 Å². The molecule has 0 bridgehead atoms. The van der Waals surface area contributed by atoms with Gasteiger partial charge in [-0.05, 0) is 39.8 Å². The van der Waals surface area contributed by atoms with E-state index in [1.165, 1.54) is 17.5 Å². The van der Waals surface area contributed by atoms with E-state index in [1.54, 1.807) is 6.08 Å². The predicted molar refractivity (Wildman–Crippen MR) is 113 cm³/mol. The maximum Gasteiger partial charge on any atom is 0.335 e. The molecule has 0 amide bonds. The lowest BCUT2D eigenvalue weighted by molar-refractivity contribution is -0.136. The normalized spacial score (nSPS) is 30.9. The second-order valence-corrected chi connectivity index (χ2v) is 10.2. The lowest BCUT2D eigenvalue weighted by atomic mass is 9.72. The molecule has 1 spiro atoms. The predicted octanol–water partition coefficient (Wildman–Crippen LogP) is 2.47. The van der Waals surface area contributed by atoms with Crippen molar-refractivity contribution < 1.29 is 22.7 Å². The molecule has 1 aliphatic carbocycles. The molecule has 0 saturated carbocycles. The van der Waals surface area contributed by atoms with Crippen LogP contribution in [0.3, 0.4) is 0 Å². The zero-order chi connectivity index (χ0) is 20.3. The molecular weight excluding hydrogens is 493 g/mol. The average molecular weight is 511 g/mol. The van der Waals surface area contributed by atoms with E-state index >= 15 is 0 Å². The van der Waals surface area contributed by atoms with Gasteiger partial charge < -0.3 is 4.74 Å². The zero-order valence-corrected chi connectivity index (χ0v) is 18.1. The summed E-state index contributed by atoms with van der Waals surface area (Å²) in [6, 6.07) is 8.62. The molecule has 146 valence electrons. The molecule has 28 heavy (non-hydrogen) atoms. The Morgan fingerprint density at radius 2 is 2.00 bits per heavy atom.